The fraction of sp³-hybridized carbons (Fsp3) is 0.360. The SMILES string of the molecule is CCCCC/C=C/C(=O)Nc1cccc(-c2csc3c(=O)cc(N4CCOCC4)oc23)c1. The number of anilines is 2. The van der Waals surface area contributed by atoms with E-state index in [0.29, 0.717) is 48.2 Å². The second-order valence-electron chi connectivity index (χ2n) is 7.82. The summed E-state index contributed by atoms with van der Waals surface area (Å²) >= 11 is 1.38. The molecular weight excluding hydrogens is 424 g/mol. The number of ether oxygens (including phenoxy) is 1. The van der Waals surface area contributed by atoms with Crippen LogP contribution in [0.2, 0.25) is 0 Å². The first-order valence-electron chi connectivity index (χ1n) is 11.1. The molecule has 0 radical (unpaired) electrons. The van der Waals surface area contributed by atoms with Crippen LogP contribution in [0.25, 0.3) is 21.4 Å². The zero-order chi connectivity index (χ0) is 22.3. The Morgan fingerprint density at radius 2 is 2.06 bits per heavy atom. The smallest absolute Gasteiger partial charge is 0.248 e. The van der Waals surface area contributed by atoms with Crippen molar-refractivity contribution in [1.29, 1.82) is 0 Å². The number of thiophene rings is 1. The van der Waals surface area contributed by atoms with E-state index in [1.54, 1.807) is 12.1 Å². The predicted octanol–water partition coefficient (Wildman–Crippen LogP) is 5.43. The maximum Gasteiger partial charge on any atom is 0.248 e. The van der Waals surface area contributed by atoms with Crippen LogP contribution in [0.1, 0.15) is 32.6 Å². The van der Waals surface area contributed by atoms with Gasteiger partial charge in [-0.3, -0.25) is 9.59 Å². The first-order chi connectivity index (χ1) is 15.7. The first kappa shape index (κ1) is 22.3. The van der Waals surface area contributed by atoms with E-state index < -0.39 is 0 Å². The topological polar surface area (TPSA) is 71.8 Å². The number of hydrogen-bond acceptors (Lipinski definition) is 6. The van der Waals surface area contributed by atoms with Gasteiger partial charge in [-0.15, -0.1) is 11.3 Å². The largest absolute Gasteiger partial charge is 0.439 e. The molecule has 3 aromatic rings. The lowest BCUT2D eigenvalue weighted by molar-refractivity contribution is -0.111. The summed E-state index contributed by atoms with van der Waals surface area (Å²) in [5.74, 6) is 0.429. The molecule has 1 N–H and O–H groups in total. The van der Waals surface area contributed by atoms with Crippen LogP contribution in [0.3, 0.4) is 0 Å². The van der Waals surface area contributed by atoms with E-state index in [4.69, 9.17) is 9.15 Å². The summed E-state index contributed by atoms with van der Waals surface area (Å²) in [5.41, 5.74) is 2.99. The van der Waals surface area contributed by atoms with Gasteiger partial charge in [-0.2, -0.15) is 0 Å². The van der Waals surface area contributed by atoms with Gasteiger partial charge in [0.25, 0.3) is 0 Å². The summed E-state index contributed by atoms with van der Waals surface area (Å²) in [7, 11) is 0. The van der Waals surface area contributed by atoms with Crippen molar-refractivity contribution in [2.24, 2.45) is 0 Å². The van der Waals surface area contributed by atoms with Crippen molar-refractivity contribution in [2.45, 2.75) is 32.6 Å². The second kappa shape index (κ2) is 10.6. The number of rotatable bonds is 8. The molecule has 1 saturated heterocycles. The van der Waals surface area contributed by atoms with E-state index in [9.17, 15) is 9.59 Å². The monoisotopic (exact) mass is 452 g/mol. The molecule has 0 bridgehead atoms. The number of allylic oxidation sites excluding steroid dienone is 1. The van der Waals surface area contributed by atoms with Crippen molar-refractivity contribution in [1.82, 2.24) is 0 Å². The predicted molar refractivity (Wildman–Crippen MR) is 131 cm³/mol. The fourth-order valence-electron chi connectivity index (χ4n) is 3.72. The van der Waals surface area contributed by atoms with Crippen molar-refractivity contribution >= 4 is 39.1 Å². The molecule has 168 valence electrons. The quantitative estimate of drug-likeness (QED) is 0.364. The van der Waals surface area contributed by atoms with Crippen molar-refractivity contribution in [3.05, 3.63) is 58.1 Å². The van der Waals surface area contributed by atoms with Crippen LogP contribution in [0, 0.1) is 0 Å². The van der Waals surface area contributed by atoms with Gasteiger partial charge < -0.3 is 19.4 Å². The van der Waals surface area contributed by atoms with E-state index in [0.717, 1.165) is 30.4 Å². The molecule has 3 heterocycles. The summed E-state index contributed by atoms with van der Waals surface area (Å²) in [4.78, 5) is 27.0. The summed E-state index contributed by atoms with van der Waals surface area (Å²) in [6.45, 7) is 4.79. The average molecular weight is 453 g/mol. The van der Waals surface area contributed by atoms with Crippen LogP contribution in [0.15, 0.2) is 57.1 Å². The number of carbonyl (C=O) groups is 1. The first-order valence-corrected chi connectivity index (χ1v) is 12.0. The number of nitrogens with one attached hydrogen (secondary N) is 1. The lowest BCUT2D eigenvalue weighted by atomic mass is 10.1. The van der Waals surface area contributed by atoms with E-state index in [-0.39, 0.29) is 11.3 Å². The van der Waals surface area contributed by atoms with Gasteiger partial charge in [-0.1, -0.05) is 38.0 Å². The molecule has 1 aliphatic heterocycles. The molecule has 4 rings (SSSR count). The number of amides is 1. The molecular formula is C25H28N2O4S. The van der Waals surface area contributed by atoms with E-state index in [1.807, 2.05) is 40.6 Å². The van der Waals surface area contributed by atoms with E-state index in [2.05, 4.69) is 12.2 Å². The van der Waals surface area contributed by atoms with Crippen LogP contribution in [0.5, 0.6) is 0 Å². The van der Waals surface area contributed by atoms with Crippen molar-refractivity contribution < 1.29 is 13.9 Å². The minimum atomic E-state index is -0.144. The highest BCUT2D eigenvalue weighted by Gasteiger charge is 2.18. The number of benzene rings is 1. The Labute approximate surface area is 191 Å². The Kier molecular flexibility index (Phi) is 7.39. The molecule has 7 heteroatoms. The van der Waals surface area contributed by atoms with Gasteiger partial charge in [0.15, 0.2) is 11.5 Å². The average Bonchev–Trinajstić information content (AvgIpc) is 3.24. The van der Waals surface area contributed by atoms with Crippen LogP contribution in [-0.4, -0.2) is 32.2 Å². The lowest BCUT2D eigenvalue weighted by Gasteiger charge is -2.27. The molecule has 6 nitrogen and oxygen atoms in total. The molecule has 0 aliphatic carbocycles. The maximum atomic E-state index is 12.7. The summed E-state index contributed by atoms with van der Waals surface area (Å²) < 4.78 is 12.2. The number of fused-ring (bicyclic) bond motifs is 1. The minimum Gasteiger partial charge on any atom is -0.439 e. The zero-order valence-electron chi connectivity index (χ0n) is 18.3. The van der Waals surface area contributed by atoms with Crippen molar-refractivity contribution in [3.8, 4) is 11.1 Å². The van der Waals surface area contributed by atoms with Crippen LogP contribution in [-0.2, 0) is 9.53 Å². The minimum absolute atomic E-state index is 0.0401. The Hall–Kier alpha value is -2.90. The Morgan fingerprint density at radius 1 is 1.22 bits per heavy atom. The summed E-state index contributed by atoms with van der Waals surface area (Å²) in [6.07, 6.45) is 7.86. The van der Waals surface area contributed by atoms with E-state index in [1.165, 1.54) is 17.8 Å². The Balaban J connectivity index is 1.56. The highest BCUT2D eigenvalue weighted by Crippen LogP contribution is 2.35. The maximum absolute atomic E-state index is 12.7. The number of carbonyl (C=O) groups excluding carboxylic acids is 1. The van der Waals surface area contributed by atoms with E-state index >= 15 is 0 Å². The molecule has 1 aromatic carbocycles. The van der Waals surface area contributed by atoms with Crippen molar-refractivity contribution in [3.63, 3.8) is 0 Å². The van der Waals surface area contributed by atoms with Crippen LogP contribution < -0.4 is 15.6 Å². The molecule has 0 unspecified atom stereocenters. The third-order valence-electron chi connectivity index (χ3n) is 5.44. The third kappa shape index (κ3) is 5.29. The number of morpholine rings is 1. The number of unbranched alkanes of at least 4 members (excludes halogenated alkanes) is 3. The Morgan fingerprint density at radius 3 is 2.88 bits per heavy atom. The van der Waals surface area contributed by atoms with Gasteiger partial charge in [-0.05, 0) is 36.6 Å². The fourth-order valence-corrected chi connectivity index (χ4v) is 4.63. The highest BCUT2D eigenvalue weighted by molar-refractivity contribution is 7.17. The molecule has 0 spiro atoms. The standard InChI is InChI=1S/C25H28N2O4S/c1-2-3-4-5-6-10-22(29)26-19-9-7-8-18(15-19)20-17-32-25-21(28)16-23(31-24(20)25)27-11-13-30-14-12-27/h6-10,15-17H,2-5,11-14H2,1H3,(H,26,29)/b10-6+. The van der Waals surface area contributed by atoms with Gasteiger partial charge in [0.05, 0.1) is 13.2 Å². The lowest BCUT2D eigenvalue weighted by Crippen LogP contribution is -2.36. The van der Waals surface area contributed by atoms with Gasteiger partial charge in [0.2, 0.25) is 11.3 Å². The summed E-state index contributed by atoms with van der Waals surface area (Å²) in [5, 5.41) is 4.86. The molecule has 1 amide bonds. The molecule has 32 heavy (non-hydrogen) atoms. The van der Waals surface area contributed by atoms with Gasteiger partial charge in [-0.25, -0.2) is 0 Å². The Bertz CT molecular complexity index is 1160. The molecule has 2 aromatic heterocycles. The molecule has 0 saturated carbocycles. The molecule has 0 atom stereocenters. The second-order valence-corrected chi connectivity index (χ2v) is 8.70. The third-order valence-corrected chi connectivity index (χ3v) is 6.41. The molecule has 1 aliphatic rings. The summed E-state index contributed by atoms with van der Waals surface area (Å²) in [6, 6.07) is 9.18. The number of hydrogen-bond donors (Lipinski definition) is 1. The van der Waals surface area contributed by atoms with Crippen molar-refractivity contribution in [2.75, 3.05) is 36.5 Å². The van der Waals surface area contributed by atoms with Gasteiger partial charge >= 0.3 is 0 Å². The van der Waals surface area contributed by atoms with Crippen LogP contribution >= 0.6 is 11.3 Å². The highest BCUT2D eigenvalue weighted by atomic mass is 32.1. The van der Waals surface area contributed by atoms with Gasteiger partial charge in [0, 0.05) is 35.8 Å². The molecule has 1 fully saturated rings. The zero-order valence-corrected chi connectivity index (χ0v) is 19.1. The van der Waals surface area contributed by atoms with Gasteiger partial charge in [0.1, 0.15) is 4.70 Å². The normalized spacial score (nSPS) is 14.3. The van der Waals surface area contributed by atoms with Crippen LogP contribution in [0.4, 0.5) is 11.6 Å². The number of nitrogens with zero attached hydrogens (tertiary/aromatic N) is 1.